The molecule has 0 fully saturated rings. The first-order valence-electron chi connectivity index (χ1n) is 3.49. The largest absolute Gasteiger partial charge is 0.508 e. The third-order valence-electron chi connectivity index (χ3n) is 1.54. The van der Waals surface area contributed by atoms with Gasteiger partial charge in [0.2, 0.25) is 0 Å². The Morgan fingerprint density at radius 2 is 1.83 bits per heavy atom. The highest BCUT2D eigenvalue weighted by molar-refractivity contribution is 7.70. The molecule has 0 aliphatic rings. The zero-order chi connectivity index (χ0) is 9.35. The van der Waals surface area contributed by atoms with Gasteiger partial charge in [0.05, 0.1) is 5.30 Å². The fourth-order valence-corrected chi connectivity index (χ4v) is 2.02. The molecule has 0 unspecified atom stereocenters. The Kier molecular flexibility index (Phi) is 2.16. The topological polar surface area (TPSA) is 57.5 Å². The minimum absolute atomic E-state index is 0.0234. The van der Waals surface area contributed by atoms with Crippen LogP contribution in [0.3, 0.4) is 0 Å². The van der Waals surface area contributed by atoms with Crippen molar-refractivity contribution in [1.82, 2.24) is 0 Å². The molecule has 0 aromatic heterocycles. The number of phenolic OH excluding ortho intramolecular Hbond substituents is 2. The van der Waals surface area contributed by atoms with E-state index >= 15 is 0 Å². The van der Waals surface area contributed by atoms with Gasteiger partial charge in [-0.3, -0.25) is 0 Å². The second-order valence-electron chi connectivity index (χ2n) is 3.02. The molecular weight excluding hydrogens is 175 g/mol. The monoisotopic (exact) mass is 186 g/mol. The third-order valence-corrected chi connectivity index (χ3v) is 3.08. The van der Waals surface area contributed by atoms with Gasteiger partial charge in [-0.15, -0.1) is 0 Å². The maximum absolute atomic E-state index is 11.5. The van der Waals surface area contributed by atoms with Gasteiger partial charge >= 0.3 is 0 Å². The number of benzene rings is 1. The van der Waals surface area contributed by atoms with Gasteiger partial charge < -0.3 is 14.8 Å². The summed E-state index contributed by atoms with van der Waals surface area (Å²) in [5, 5.41) is 18.7. The Hall–Kier alpha value is -0.950. The molecule has 0 heterocycles. The number of hydrogen-bond donors (Lipinski definition) is 2. The van der Waals surface area contributed by atoms with E-state index in [9.17, 15) is 9.67 Å². The van der Waals surface area contributed by atoms with Crippen LogP contribution >= 0.6 is 7.14 Å². The van der Waals surface area contributed by atoms with Crippen LogP contribution in [0.25, 0.3) is 0 Å². The highest BCUT2D eigenvalue weighted by Crippen LogP contribution is 2.38. The van der Waals surface area contributed by atoms with E-state index in [0.29, 0.717) is 5.30 Å². The van der Waals surface area contributed by atoms with Gasteiger partial charge in [-0.05, 0) is 25.5 Å². The summed E-state index contributed by atoms with van der Waals surface area (Å²) < 4.78 is 11.5. The van der Waals surface area contributed by atoms with Gasteiger partial charge in [0.15, 0.2) is 0 Å². The number of phenols is 2. The summed E-state index contributed by atoms with van der Waals surface area (Å²) in [4.78, 5) is 0. The van der Waals surface area contributed by atoms with Gasteiger partial charge in [-0.1, -0.05) is 0 Å². The first kappa shape index (κ1) is 9.14. The van der Waals surface area contributed by atoms with Crippen LogP contribution in [0.5, 0.6) is 11.5 Å². The average Bonchev–Trinajstić information content (AvgIpc) is 1.83. The summed E-state index contributed by atoms with van der Waals surface area (Å²) in [5.41, 5.74) is 0. The Bertz CT molecular complexity index is 340. The molecule has 2 N–H and O–H groups in total. The van der Waals surface area contributed by atoms with E-state index in [2.05, 4.69) is 0 Å². The van der Waals surface area contributed by atoms with E-state index in [1.165, 1.54) is 18.2 Å². The Morgan fingerprint density at radius 1 is 1.25 bits per heavy atom. The van der Waals surface area contributed by atoms with Crippen molar-refractivity contribution >= 4 is 12.4 Å². The van der Waals surface area contributed by atoms with Crippen LogP contribution in [-0.4, -0.2) is 23.5 Å². The predicted octanol–water partition coefficient (Wildman–Crippen LogP) is 1.35. The van der Waals surface area contributed by atoms with Gasteiger partial charge in [-0.25, -0.2) is 0 Å². The van der Waals surface area contributed by atoms with Crippen molar-refractivity contribution in [1.29, 1.82) is 0 Å². The van der Waals surface area contributed by atoms with Gasteiger partial charge in [0, 0.05) is 6.07 Å². The highest BCUT2D eigenvalue weighted by atomic mass is 31.2. The molecule has 0 radical (unpaired) electrons. The van der Waals surface area contributed by atoms with Crippen molar-refractivity contribution in [3.63, 3.8) is 0 Å². The summed E-state index contributed by atoms with van der Waals surface area (Å²) >= 11 is 0. The lowest BCUT2D eigenvalue weighted by molar-refractivity contribution is 0.453. The zero-order valence-corrected chi connectivity index (χ0v) is 7.88. The molecule has 4 heteroatoms. The van der Waals surface area contributed by atoms with Crippen molar-refractivity contribution in [3.8, 4) is 11.5 Å². The summed E-state index contributed by atoms with van der Waals surface area (Å²) in [5.74, 6) is -0.131. The first-order valence-corrected chi connectivity index (χ1v) is 6.09. The Balaban J connectivity index is 3.28. The first-order chi connectivity index (χ1) is 5.41. The molecule has 0 saturated carbocycles. The minimum atomic E-state index is -2.44. The molecule has 0 bridgehead atoms. The second-order valence-corrected chi connectivity index (χ2v) is 6.21. The van der Waals surface area contributed by atoms with E-state index in [0.717, 1.165) is 0 Å². The van der Waals surface area contributed by atoms with E-state index in [4.69, 9.17) is 5.11 Å². The van der Waals surface area contributed by atoms with Crippen molar-refractivity contribution in [3.05, 3.63) is 18.2 Å². The smallest absolute Gasteiger partial charge is 0.129 e. The van der Waals surface area contributed by atoms with Crippen molar-refractivity contribution < 1.29 is 14.8 Å². The van der Waals surface area contributed by atoms with Gasteiger partial charge in [0.25, 0.3) is 0 Å². The summed E-state index contributed by atoms with van der Waals surface area (Å²) in [7, 11) is -2.44. The molecule has 12 heavy (non-hydrogen) atoms. The maximum Gasteiger partial charge on any atom is 0.129 e. The fourth-order valence-electron chi connectivity index (χ4n) is 0.967. The maximum atomic E-state index is 11.5. The van der Waals surface area contributed by atoms with Crippen LogP contribution in [0.4, 0.5) is 0 Å². The second kappa shape index (κ2) is 2.83. The summed E-state index contributed by atoms with van der Waals surface area (Å²) in [6.45, 7) is 3.14. The molecule has 0 atom stereocenters. The lowest BCUT2D eigenvalue weighted by Crippen LogP contribution is -2.02. The lowest BCUT2D eigenvalue weighted by atomic mass is 10.3. The van der Waals surface area contributed by atoms with Gasteiger partial charge in [0.1, 0.15) is 18.6 Å². The van der Waals surface area contributed by atoms with Crippen LogP contribution in [0.15, 0.2) is 18.2 Å². The highest BCUT2D eigenvalue weighted by Gasteiger charge is 2.15. The van der Waals surface area contributed by atoms with Crippen LogP contribution in [-0.2, 0) is 4.57 Å². The Labute approximate surface area is 71.0 Å². The molecule has 66 valence electrons. The quantitative estimate of drug-likeness (QED) is 0.651. The van der Waals surface area contributed by atoms with Gasteiger partial charge in [-0.2, -0.15) is 0 Å². The van der Waals surface area contributed by atoms with E-state index in [1.54, 1.807) is 13.3 Å². The molecule has 3 nitrogen and oxygen atoms in total. The Morgan fingerprint density at radius 3 is 2.25 bits per heavy atom. The molecule has 1 aromatic rings. The van der Waals surface area contributed by atoms with Crippen molar-refractivity contribution in [2.75, 3.05) is 13.3 Å². The zero-order valence-electron chi connectivity index (χ0n) is 6.98. The average molecular weight is 186 g/mol. The van der Waals surface area contributed by atoms with E-state index in [1.807, 2.05) is 0 Å². The molecule has 1 aromatic carbocycles. The van der Waals surface area contributed by atoms with Crippen LogP contribution in [0.2, 0.25) is 0 Å². The van der Waals surface area contributed by atoms with E-state index < -0.39 is 7.14 Å². The fraction of sp³-hybridized carbons (Fsp3) is 0.250. The third kappa shape index (κ3) is 1.80. The molecule has 1 rings (SSSR count). The molecular formula is C8H11O3P. The molecule has 0 aliphatic carbocycles. The predicted molar refractivity (Wildman–Crippen MR) is 48.9 cm³/mol. The lowest BCUT2D eigenvalue weighted by Gasteiger charge is -2.08. The summed E-state index contributed by atoms with van der Waals surface area (Å²) in [6.07, 6.45) is 0. The molecule has 0 aliphatic heterocycles. The summed E-state index contributed by atoms with van der Waals surface area (Å²) in [6, 6.07) is 4.08. The van der Waals surface area contributed by atoms with Crippen molar-refractivity contribution in [2.45, 2.75) is 0 Å². The van der Waals surface area contributed by atoms with Crippen molar-refractivity contribution in [2.24, 2.45) is 0 Å². The normalized spacial score (nSPS) is 11.5. The van der Waals surface area contributed by atoms with Crippen LogP contribution in [0.1, 0.15) is 0 Å². The minimum Gasteiger partial charge on any atom is -0.508 e. The number of hydrogen-bond acceptors (Lipinski definition) is 3. The number of rotatable bonds is 1. The van der Waals surface area contributed by atoms with Crippen LogP contribution in [0, 0.1) is 0 Å². The van der Waals surface area contributed by atoms with E-state index in [-0.39, 0.29) is 11.5 Å². The number of aromatic hydroxyl groups is 2. The SMILES string of the molecule is CP(C)(=O)c1ccc(O)cc1O. The van der Waals surface area contributed by atoms with Crippen LogP contribution < -0.4 is 5.30 Å². The standard InChI is InChI=1S/C8H11O3P/c1-12(2,11)8-4-3-6(9)5-7(8)10/h3-5,9-10H,1-2H3. The molecule has 0 saturated heterocycles. The molecule has 0 amide bonds. The molecule has 0 spiro atoms.